The summed E-state index contributed by atoms with van der Waals surface area (Å²) < 4.78 is -1.18. The first-order valence-corrected chi connectivity index (χ1v) is 11.6. The van der Waals surface area contributed by atoms with Gasteiger partial charge >= 0.3 is 0 Å². The topological polar surface area (TPSA) is 72.2 Å². The molecule has 164 valence electrons. The number of hydrogen-bond donors (Lipinski definition) is 1. The first-order valence-electron chi connectivity index (χ1n) is 10.7. The molecule has 1 aliphatic rings. The highest BCUT2D eigenvalue weighted by Crippen LogP contribution is 2.56. The van der Waals surface area contributed by atoms with Crippen molar-refractivity contribution in [3.05, 3.63) is 118 Å². The monoisotopic (exact) mass is 454 g/mol. The van der Waals surface area contributed by atoms with Crippen molar-refractivity contribution in [2.24, 2.45) is 0 Å². The lowest BCUT2D eigenvalue weighted by molar-refractivity contribution is -0.484. The summed E-state index contributed by atoms with van der Waals surface area (Å²) >= 11 is 1.40. The predicted octanol–water partition coefficient (Wildman–Crippen LogP) is 6.15. The van der Waals surface area contributed by atoms with Crippen molar-refractivity contribution < 1.29 is 9.72 Å². The van der Waals surface area contributed by atoms with E-state index in [1.807, 2.05) is 97.9 Å². The van der Waals surface area contributed by atoms with E-state index < -0.39 is 10.7 Å². The molecule has 2 atom stereocenters. The molecule has 0 saturated carbocycles. The Morgan fingerprint density at radius 2 is 1.64 bits per heavy atom. The first kappa shape index (κ1) is 21.2. The van der Waals surface area contributed by atoms with Gasteiger partial charge in [0.2, 0.25) is 12.5 Å². The Morgan fingerprint density at radius 3 is 2.39 bits per heavy atom. The van der Waals surface area contributed by atoms with Crippen LogP contribution in [-0.4, -0.2) is 17.4 Å². The van der Waals surface area contributed by atoms with E-state index in [4.69, 9.17) is 0 Å². The maximum Gasteiger partial charge on any atom is 0.246 e. The molecule has 5 rings (SSSR count). The molecule has 1 heterocycles. The van der Waals surface area contributed by atoms with Crippen LogP contribution in [0.3, 0.4) is 0 Å². The van der Waals surface area contributed by atoms with Crippen LogP contribution >= 0.6 is 11.8 Å². The highest BCUT2D eigenvalue weighted by atomic mass is 32.2. The Balaban J connectivity index is 1.72. The molecule has 0 saturated heterocycles. The number of anilines is 1. The molecule has 0 radical (unpaired) electrons. The van der Waals surface area contributed by atoms with E-state index in [1.165, 1.54) is 11.8 Å². The minimum atomic E-state index is -1.18. The Morgan fingerprint density at radius 1 is 0.939 bits per heavy atom. The number of nitrogens with one attached hydrogen (secondary N) is 1. The van der Waals surface area contributed by atoms with Gasteiger partial charge in [-0.1, -0.05) is 78.4 Å². The Kier molecular flexibility index (Phi) is 5.38. The molecule has 5 nitrogen and oxygen atoms in total. The molecule has 4 aromatic rings. The van der Waals surface area contributed by atoms with Crippen LogP contribution in [0.25, 0.3) is 10.8 Å². The second kappa shape index (κ2) is 8.37. The maximum atomic E-state index is 13.7. The number of benzene rings is 4. The minimum Gasteiger partial charge on any atom is -0.324 e. The maximum absolute atomic E-state index is 13.7. The largest absolute Gasteiger partial charge is 0.324 e. The van der Waals surface area contributed by atoms with Gasteiger partial charge in [0.05, 0.1) is 5.92 Å². The molecule has 1 N–H and O–H groups in total. The molecule has 0 unspecified atom stereocenters. The second-order valence-electron chi connectivity index (χ2n) is 8.32. The van der Waals surface area contributed by atoms with E-state index in [0.717, 1.165) is 32.4 Å². The number of nitrogens with zero attached hydrogens (tertiary/aromatic N) is 1. The van der Waals surface area contributed by atoms with Crippen molar-refractivity contribution >= 4 is 34.1 Å². The van der Waals surface area contributed by atoms with Crippen LogP contribution in [0.2, 0.25) is 0 Å². The van der Waals surface area contributed by atoms with Crippen LogP contribution in [0.15, 0.2) is 95.9 Å². The number of para-hydroxylation sites is 1. The molecule has 0 fully saturated rings. The molecule has 4 aromatic carbocycles. The van der Waals surface area contributed by atoms with Gasteiger partial charge in [0.1, 0.15) is 4.75 Å². The fourth-order valence-corrected chi connectivity index (χ4v) is 6.08. The van der Waals surface area contributed by atoms with Gasteiger partial charge in [0.15, 0.2) is 0 Å². The van der Waals surface area contributed by atoms with E-state index in [9.17, 15) is 14.9 Å². The summed E-state index contributed by atoms with van der Waals surface area (Å²) in [7, 11) is 0. The SMILES string of the molecule is Cc1ccc([C@@H](C[N+](=O)[O-])[C@]2(Sc3ccc4ccccc4c3)C(=O)Nc3ccccc32)cc1. The van der Waals surface area contributed by atoms with Gasteiger partial charge in [-0.25, -0.2) is 0 Å². The van der Waals surface area contributed by atoms with Crippen molar-refractivity contribution in [1.29, 1.82) is 0 Å². The number of nitro groups is 1. The average molecular weight is 455 g/mol. The summed E-state index contributed by atoms with van der Waals surface area (Å²) in [5.41, 5.74) is 3.32. The summed E-state index contributed by atoms with van der Waals surface area (Å²) in [4.78, 5) is 26.2. The molecule has 33 heavy (non-hydrogen) atoms. The highest BCUT2D eigenvalue weighted by Gasteiger charge is 2.55. The fourth-order valence-electron chi connectivity index (χ4n) is 4.61. The number of fused-ring (bicyclic) bond motifs is 2. The molecule has 1 aliphatic heterocycles. The van der Waals surface area contributed by atoms with E-state index in [0.29, 0.717) is 5.69 Å². The fraction of sp³-hybridized carbons (Fsp3) is 0.148. The Bertz CT molecular complexity index is 1370. The van der Waals surface area contributed by atoms with E-state index in [2.05, 4.69) is 5.32 Å². The van der Waals surface area contributed by atoms with Gasteiger partial charge in [-0.05, 0) is 41.5 Å². The lowest BCUT2D eigenvalue weighted by atomic mass is 9.81. The molecule has 6 heteroatoms. The summed E-state index contributed by atoms with van der Waals surface area (Å²) in [6.45, 7) is 1.62. The third-order valence-electron chi connectivity index (χ3n) is 6.21. The smallest absolute Gasteiger partial charge is 0.246 e. The van der Waals surface area contributed by atoms with Gasteiger partial charge in [0.25, 0.3) is 0 Å². The van der Waals surface area contributed by atoms with Crippen molar-refractivity contribution in [3.8, 4) is 0 Å². The van der Waals surface area contributed by atoms with Crippen molar-refractivity contribution in [1.82, 2.24) is 0 Å². The van der Waals surface area contributed by atoms with Gasteiger partial charge < -0.3 is 5.32 Å². The van der Waals surface area contributed by atoms with Gasteiger partial charge in [-0.15, -0.1) is 11.8 Å². The van der Waals surface area contributed by atoms with E-state index >= 15 is 0 Å². The molecular weight excluding hydrogens is 432 g/mol. The lowest BCUT2D eigenvalue weighted by Crippen LogP contribution is -2.40. The molecule has 0 bridgehead atoms. The number of aryl methyl sites for hydroxylation is 1. The zero-order valence-electron chi connectivity index (χ0n) is 18.0. The number of rotatable bonds is 6. The zero-order valence-corrected chi connectivity index (χ0v) is 18.8. The van der Waals surface area contributed by atoms with E-state index in [1.54, 1.807) is 0 Å². The lowest BCUT2D eigenvalue weighted by Gasteiger charge is -2.34. The number of hydrogen-bond acceptors (Lipinski definition) is 4. The normalized spacial score (nSPS) is 18.0. The van der Waals surface area contributed by atoms with Gasteiger partial charge in [-0.2, -0.15) is 0 Å². The number of amides is 1. The minimum absolute atomic E-state index is 0.228. The third-order valence-corrected chi connectivity index (χ3v) is 7.72. The molecule has 0 spiro atoms. The van der Waals surface area contributed by atoms with Crippen LogP contribution in [0.4, 0.5) is 5.69 Å². The van der Waals surface area contributed by atoms with Gasteiger partial charge in [0, 0.05) is 21.1 Å². The quantitative estimate of drug-likeness (QED) is 0.280. The summed E-state index contributed by atoms with van der Waals surface area (Å²) in [5, 5.41) is 17.0. The van der Waals surface area contributed by atoms with Crippen LogP contribution in [0.1, 0.15) is 22.6 Å². The molecule has 1 amide bonds. The summed E-state index contributed by atoms with van der Waals surface area (Å²) in [6, 6.07) is 29.3. The number of thioether (sulfide) groups is 1. The van der Waals surface area contributed by atoms with Crippen molar-refractivity contribution in [2.45, 2.75) is 22.5 Å². The first-order chi connectivity index (χ1) is 16.0. The Hall–Kier alpha value is -3.64. The number of carbonyl (C=O) groups excluding carboxylic acids is 1. The van der Waals surface area contributed by atoms with Crippen LogP contribution in [-0.2, 0) is 9.54 Å². The number of carbonyl (C=O) groups is 1. The zero-order chi connectivity index (χ0) is 23.0. The standard InChI is InChI=1S/C27H22N2O3S/c1-18-10-12-20(13-11-18)24(17-29(31)32)27(23-8-4-5-9-25(23)28-26(27)30)33-22-15-14-19-6-2-3-7-21(19)16-22/h2-16,24H,17H2,1H3,(H,28,30)/t24-,27+/m1/s1. The second-order valence-corrected chi connectivity index (χ2v) is 9.64. The highest BCUT2D eigenvalue weighted by molar-refractivity contribution is 8.01. The van der Waals surface area contributed by atoms with Crippen LogP contribution in [0.5, 0.6) is 0 Å². The van der Waals surface area contributed by atoms with Crippen LogP contribution in [0, 0.1) is 17.0 Å². The molecular formula is C27H22N2O3S. The predicted molar refractivity (Wildman–Crippen MR) is 132 cm³/mol. The average Bonchev–Trinajstić information content (AvgIpc) is 3.10. The Labute approximate surface area is 196 Å². The summed E-state index contributed by atoms with van der Waals surface area (Å²) in [5.74, 6) is -0.887. The van der Waals surface area contributed by atoms with Gasteiger partial charge in [-0.3, -0.25) is 14.9 Å². The van der Waals surface area contributed by atoms with Crippen LogP contribution < -0.4 is 5.32 Å². The molecule has 0 aromatic heterocycles. The van der Waals surface area contributed by atoms with Crippen molar-refractivity contribution in [2.75, 3.05) is 11.9 Å². The van der Waals surface area contributed by atoms with E-state index in [-0.39, 0.29) is 17.4 Å². The summed E-state index contributed by atoms with van der Waals surface area (Å²) in [6.07, 6.45) is 0. The molecule has 0 aliphatic carbocycles. The van der Waals surface area contributed by atoms with Crippen molar-refractivity contribution in [3.63, 3.8) is 0 Å². The third kappa shape index (κ3) is 3.76.